The molecule has 0 saturated carbocycles. The van der Waals surface area contributed by atoms with Crippen LogP contribution in [0.2, 0.25) is 0 Å². The van der Waals surface area contributed by atoms with Crippen molar-refractivity contribution in [2.75, 3.05) is 19.0 Å². The van der Waals surface area contributed by atoms with Crippen molar-refractivity contribution in [3.8, 4) is 23.8 Å². The van der Waals surface area contributed by atoms with Gasteiger partial charge in [0, 0.05) is 18.2 Å². The fraction of sp³-hybridized carbons (Fsp3) is 0.150. The van der Waals surface area contributed by atoms with Gasteiger partial charge in [0.15, 0.2) is 11.5 Å². The maximum absolute atomic E-state index is 12.2. The van der Waals surface area contributed by atoms with Gasteiger partial charge in [0.2, 0.25) is 5.91 Å². The molecule has 138 valence electrons. The van der Waals surface area contributed by atoms with E-state index in [0.29, 0.717) is 28.3 Å². The monoisotopic (exact) mass is 365 g/mol. The summed E-state index contributed by atoms with van der Waals surface area (Å²) in [6, 6.07) is 11.7. The lowest BCUT2D eigenvalue weighted by Crippen LogP contribution is -2.18. The van der Waals surface area contributed by atoms with Crippen molar-refractivity contribution >= 4 is 23.7 Å². The molecule has 0 aromatic heterocycles. The molecule has 0 unspecified atom stereocenters. The first-order chi connectivity index (χ1) is 13.0. The number of amides is 2. The summed E-state index contributed by atoms with van der Waals surface area (Å²) in [5.41, 5.74) is 4.04. The van der Waals surface area contributed by atoms with Crippen LogP contribution in [0.1, 0.15) is 22.8 Å². The van der Waals surface area contributed by atoms with Gasteiger partial charge in [-0.05, 0) is 42.0 Å². The summed E-state index contributed by atoms with van der Waals surface area (Å²) in [6.07, 6.45) is 6.65. The van der Waals surface area contributed by atoms with E-state index in [1.54, 1.807) is 42.5 Å². The predicted molar refractivity (Wildman–Crippen MR) is 103 cm³/mol. The molecule has 27 heavy (non-hydrogen) atoms. The molecular weight excluding hydrogens is 346 g/mol. The number of nitrogens with one attached hydrogen (secondary N) is 2. The van der Waals surface area contributed by atoms with Crippen LogP contribution in [0.15, 0.2) is 47.6 Å². The summed E-state index contributed by atoms with van der Waals surface area (Å²) >= 11 is 0. The minimum atomic E-state index is -0.403. The van der Waals surface area contributed by atoms with Crippen molar-refractivity contribution in [1.29, 1.82) is 0 Å². The molecule has 0 fully saturated rings. The van der Waals surface area contributed by atoms with Gasteiger partial charge in [-0.15, -0.1) is 6.42 Å². The quantitative estimate of drug-likeness (QED) is 0.448. The third kappa shape index (κ3) is 5.90. The number of carbonyl (C=O) groups excluding carboxylic acids is 2. The van der Waals surface area contributed by atoms with E-state index in [-0.39, 0.29) is 12.5 Å². The number of ether oxygens (including phenoxy) is 2. The molecule has 2 aromatic rings. The molecule has 2 N–H and O–H groups in total. The van der Waals surface area contributed by atoms with Crippen LogP contribution in [0.4, 0.5) is 5.69 Å². The van der Waals surface area contributed by atoms with Gasteiger partial charge in [-0.25, -0.2) is 5.43 Å². The summed E-state index contributed by atoms with van der Waals surface area (Å²) in [5, 5.41) is 6.55. The Morgan fingerprint density at radius 3 is 2.74 bits per heavy atom. The molecule has 0 radical (unpaired) electrons. The number of nitrogens with zero attached hydrogens (tertiary/aromatic N) is 1. The zero-order valence-corrected chi connectivity index (χ0v) is 15.0. The molecule has 0 heterocycles. The summed E-state index contributed by atoms with van der Waals surface area (Å²) < 4.78 is 10.6. The highest BCUT2D eigenvalue weighted by molar-refractivity contribution is 5.97. The lowest BCUT2D eigenvalue weighted by molar-refractivity contribution is -0.114. The Bertz CT molecular complexity index is 900. The lowest BCUT2D eigenvalue weighted by Gasteiger charge is -2.09. The summed E-state index contributed by atoms with van der Waals surface area (Å²) in [7, 11) is 1.52. The van der Waals surface area contributed by atoms with E-state index in [9.17, 15) is 9.59 Å². The fourth-order valence-electron chi connectivity index (χ4n) is 2.17. The second-order valence-corrected chi connectivity index (χ2v) is 5.36. The number of terminal acetylenes is 1. The number of hydrogen-bond acceptors (Lipinski definition) is 5. The van der Waals surface area contributed by atoms with Crippen LogP contribution in [0.25, 0.3) is 0 Å². The van der Waals surface area contributed by atoms with Crippen LogP contribution in [0.3, 0.4) is 0 Å². The third-order valence-electron chi connectivity index (χ3n) is 3.32. The lowest BCUT2D eigenvalue weighted by atomic mass is 10.2. The van der Waals surface area contributed by atoms with Crippen molar-refractivity contribution < 1.29 is 19.1 Å². The molecule has 0 aliphatic carbocycles. The molecule has 0 atom stereocenters. The third-order valence-corrected chi connectivity index (χ3v) is 3.32. The number of carbonyl (C=O) groups is 2. The van der Waals surface area contributed by atoms with Gasteiger partial charge >= 0.3 is 0 Å². The number of methoxy groups -OCH3 is 1. The molecular formula is C20H19N3O4. The average Bonchev–Trinajstić information content (AvgIpc) is 2.66. The number of hydrogen-bond donors (Lipinski definition) is 2. The van der Waals surface area contributed by atoms with Gasteiger partial charge in [0.05, 0.1) is 13.3 Å². The van der Waals surface area contributed by atoms with E-state index in [4.69, 9.17) is 15.9 Å². The minimum absolute atomic E-state index is 0.136. The topological polar surface area (TPSA) is 89.0 Å². The highest BCUT2D eigenvalue weighted by Gasteiger charge is 2.07. The van der Waals surface area contributed by atoms with Crippen molar-refractivity contribution in [2.45, 2.75) is 6.92 Å². The Morgan fingerprint density at radius 2 is 2.04 bits per heavy atom. The van der Waals surface area contributed by atoms with Crippen LogP contribution in [-0.4, -0.2) is 31.7 Å². The molecule has 0 aliphatic rings. The molecule has 2 aromatic carbocycles. The summed E-state index contributed by atoms with van der Waals surface area (Å²) in [6.45, 7) is 1.53. The summed E-state index contributed by atoms with van der Waals surface area (Å²) in [4.78, 5) is 23.3. The highest BCUT2D eigenvalue weighted by atomic mass is 16.5. The number of benzene rings is 2. The van der Waals surface area contributed by atoms with E-state index in [1.807, 2.05) is 0 Å². The smallest absolute Gasteiger partial charge is 0.271 e. The molecule has 2 rings (SSSR count). The Balaban J connectivity index is 2.03. The SMILES string of the molecule is C#CCOc1ccc(/C=N\NC(=O)c2cccc(NC(C)=O)c2)cc1OC. The van der Waals surface area contributed by atoms with Crippen LogP contribution < -0.4 is 20.2 Å². The van der Waals surface area contributed by atoms with Gasteiger partial charge in [-0.1, -0.05) is 12.0 Å². The highest BCUT2D eigenvalue weighted by Crippen LogP contribution is 2.27. The molecule has 0 bridgehead atoms. The molecule has 0 aliphatic heterocycles. The van der Waals surface area contributed by atoms with Gasteiger partial charge < -0.3 is 14.8 Å². The zero-order valence-electron chi connectivity index (χ0n) is 15.0. The Morgan fingerprint density at radius 1 is 1.22 bits per heavy atom. The van der Waals surface area contributed by atoms with Crippen molar-refractivity contribution in [2.24, 2.45) is 5.10 Å². The second kappa shape index (κ2) is 9.63. The summed E-state index contributed by atoms with van der Waals surface area (Å²) in [5.74, 6) is 2.79. The van der Waals surface area contributed by atoms with E-state index < -0.39 is 5.91 Å². The Labute approximate surface area is 157 Å². The van der Waals surface area contributed by atoms with Crippen LogP contribution in [-0.2, 0) is 4.79 Å². The largest absolute Gasteiger partial charge is 0.493 e. The van der Waals surface area contributed by atoms with Crippen LogP contribution in [0.5, 0.6) is 11.5 Å². The minimum Gasteiger partial charge on any atom is -0.493 e. The van der Waals surface area contributed by atoms with E-state index in [1.165, 1.54) is 20.2 Å². The van der Waals surface area contributed by atoms with Gasteiger partial charge in [-0.2, -0.15) is 5.10 Å². The first-order valence-electron chi connectivity index (χ1n) is 7.99. The van der Waals surface area contributed by atoms with E-state index in [2.05, 4.69) is 21.8 Å². The van der Waals surface area contributed by atoms with E-state index in [0.717, 1.165) is 0 Å². The zero-order chi connectivity index (χ0) is 19.6. The van der Waals surface area contributed by atoms with Gasteiger partial charge in [0.1, 0.15) is 6.61 Å². The molecule has 0 saturated heterocycles. The first kappa shape index (κ1) is 19.5. The Hall–Kier alpha value is -3.79. The standard InChI is InChI=1S/C20H19N3O4/c1-4-10-27-18-9-8-15(11-19(18)26-3)13-21-23-20(25)16-6-5-7-17(12-16)22-14(2)24/h1,5-9,11-13H,10H2,2-3H3,(H,22,24)(H,23,25)/b21-13-. The second-order valence-electron chi connectivity index (χ2n) is 5.36. The predicted octanol–water partition coefficient (Wildman–Crippen LogP) is 2.43. The number of rotatable bonds is 7. The molecule has 7 nitrogen and oxygen atoms in total. The normalized spacial score (nSPS) is 10.1. The fourth-order valence-corrected chi connectivity index (χ4v) is 2.17. The van der Waals surface area contributed by atoms with Gasteiger partial charge in [0.25, 0.3) is 5.91 Å². The van der Waals surface area contributed by atoms with Crippen LogP contribution >= 0.6 is 0 Å². The maximum atomic E-state index is 12.2. The van der Waals surface area contributed by atoms with Gasteiger partial charge in [-0.3, -0.25) is 9.59 Å². The number of anilines is 1. The Kier molecular flexibility index (Phi) is 6.97. The van der Waals surface area contributed by atoms with Crippen molar-refractivity contribution in [3.05, 3.63) is 53.6 Å². The first-order valence-corrected chi connectivity index (χ1v) is 7.99. The van der Waals surface area contributed by atoms with Crippen molar-refractivity contribution in [1.82, 2.24) is 5.43 Å². The van der Waals surface area contributed by atoms with E-state index >= 15 is 0 Å². The molecule has 0 spiro atoms. The van der Waals surface area contributed by atoms with Crippen LogP contribution in [0, 0.1) is 12.3 Å². The molecule has 7 heteroatoms. The average molecular weight is 365 g/mol. The maximum Gasteiger partial charge on any atom is 0.271 e. The van der Waals surface area contributed by atoms with Crippen molar-refractivity contribution in [3.63, 3.8) is 0 Å². The number of hydrazone groups is 1. The molecule has 2 amide bonds.